The Labute approximate surface area is 132 Å². The molecule has 0 saturated carbocycles. The molecule has 0 aliphatic heterocycles. The van der Waals surface area contributed by atoms with Gasteiger partial charge in [-0.3, -0.25) is 10.1 Å². The lowest BCUT2D eigenvalue weighted by Gasteiger charge is -2.23. The summed E-state index contributed by atoms with van der Waals surface area (Å²) in [6.45, 7) is 2.51. The van der Waals surface area contributed by atoms with Crippen molar-refractivity contribution in [3.8, 4) is 5.75 Å². The van der Waals surface area contributed by atoms with Crippen molar-refractivity contribution in [3.63, 3.8) is 0 Å². The van der Waals surface area contributed by atoms with E-state index >= 15 is 0 Å². The number of nitro groups is 1. The van der Waals surface area contributed by atoms with Crippen molar-refractivity contribution in [2.75, 3.05) is 13.7 Å². The summed E-state index contributed by atoms with van der Waals surface area (Å²) in [5.41, 5.74) is 0.573. The van der Waals surface area contributed by atoms with Crippen molar-refractivity contribution in [1.29, 1.82) is 0 Å². The van der Waals surface area contributed by atoms with Crippen LogP contribution < -0.4 is 10.1 Å². The number of ether oxygens (including phenoxy) is 1. The summed E-state index contributed by atoms with van der Waals surface area (Å²) >= 11 is 1.53. The third kappa shape index (κ3) is 3.82. The van der Waals surface area contributed by atoms with E-state index in [-0.39, 0.29) is 11.4 Å². The summed E-state index contributed by atoms with van der Waals surface area (Å²) in [5.74, 6) is 0.235. The SMILES string of the molecule is COc1ccc(CNCC(C)(O)c2ccsc2)cc1[N+](=O)[O-]. The van der Waals surface area contributed by atoms with E-state index in [1.807, 2.05) is 16.8 Å². The van der Waals surface area contributed by atoms with Gasteiger partial charge in [0, 0.05) is 19.2 Å². The van der Waals surface area contributed by atoms with Crippen LogP contribution in [0.4, 0.5) is 5.69 Å². The van der Waals surface area contributed by atoms with Crippen molar-refractivity contribution in [2.24, 2.45) is 0 Å². The fourth-order valence-corrected chi connectivity index (χ4v) is 2.89. The fourth-order valence-electron chi connectivity index (χ4n) is 2.11. The second-order valence-electron chi connectivity index (χ2n) is 5.15. The second kappa shape index (κ2) is 6.87. The van der Waals surface area contributed by atoms with Gasteiger partial charge in [-0.05, 0) is 40.9 Å². The van der Waals surface area contributed by atoms with Crippen molar-refractivity contribution in [3.05, 3.63) is 56.3 Å². The molecule has 1 aromatic heterocycles. The Kier molecular flexibility index (Phi) is 5.12. The van der Waals surface area contributed by atoms with E-state index in [4.69, 9.17) is 4.74 Å². The van der Waals surface area contributed by atoms with E-state index in [1.165, 1.54) is 24.5 Å². The minimum absolute atomic E-state index is 0.0635. The van der Waals surface area contributed by atoms with Crippen molar-refractivity contribution < 1.29 is 14.8 Å². The lowest BCUT2D eigenvalue weighted by Crippen LogP contribution is -2.34. The maximum absolute atomic E-state index is 11.0. The minimum Gasteiger partial charge on any atom is -0.490 e. The third-order valence-electron chi connectivity index (χ3n) is 3.38. The molecule has 7 heteroatoms. The van der Waals surface area contributed by atoms with Crippen LogP contribution in [0.2, 0.25) is 0 Å². The second-order valence-corrected chi connectivity index (χ2v) is 5.93. The largest absolute Gasteiger partial charge is 0.490 e. The topological polar surface area (TPSA) is 84.6 Å². The van der Waals surface area contributed by atoms with Gasteiger partial charge >= 0.3 is 5.69 Å². The fraction of sp³-hybridized carbons (Fsp3) is 0.333. The Balaban J connectivity index is 2.00. The minimum atomic E-state index is -0.974. The predicted octanol–water partition coefficient (Wildman–Crippen LogP) is 2.66. The summed E-state index contributed by atoms with van der Waals surface area (Å²) in [4.78, 5) is 10.5. The molecule has 0 aliphatic carbocycles. The zero-order chi connectivity index (χ0) is 16.2. The molecule has 1 atom stereocenters. The monoisotopic (exact) mass is 322 g/mol. The maximum atomic E-state index is 11.0. The number of thiophene rings is 1. The Morgan fingerprint density at radius 1 is 1.45 bits per heavy atom. The van der Waals surface area contributed by atoms with E-state index in [9.17, 15) is 15.2 Å². The van der Waals surface area contributed by atoms with Gasteiger partial charge in [0.25, 0.3) is 0 Å². The van der Waals surface area contributed by atoms with Crippen LogP contribution in [0.3, 0.4) is 0 Å². The summed E-state index contributed by atoms with van der Waals surface area (Å²) in [7, 11) is 1.40. The van der Waals surface area contributed by atoms with Gasteiger partial charge in [-0.25, -0.2) is 0 Å². The quantitative estimate of drug-likeness (QED) is 0.605. The third-order valence-corrected chi connectivity index (χ3v) is 4.06. The molecule has 1 heterocycles. The highest BCUT2D eigenvalue weighted by Gasteiger charge is 2.23. The molecular formula is C15H18N2O4S. The first-order valence-corrected chi connectivity index (χ1v) is 7.65. The molecule has 0 fully saturated rings. The first-order chi connectivity index (χ1) is 10.4. The Hall–Kier alpha value is -1.96. The first-order valence-electron chi connectivity index (χ1n) is 6.71. The van der Waals surface area contributed by atoms with Crippen LogP contribution in [0.5, 0.6) is 5.75 Å². The number of rotatable bonds is 7. The molecule has 0 saturated heterocycles. The number of nitro benzene ring substituents is 1. The van der Waals surface area contributed by atoms with Gasteiger partial charge in [-0.1, -0.05) is 6.07 Å². The molecule has 0 spiro atoms. The number of hydrogen-bond acceptors (Lipinski definition) is 6. The average molecular weight is 322 g/mol. The lowest BCUT2D eigenvalue weighted by molar-refractivity contribution is -0.385. The Morgan fingerprint density at radius 3 is 2.82 bits per heavy atom. The molecule has 0 bridgehead atoms. The van der Waals surface area contributed by atoms with Crippen molar-refractivity contribution >= 4 is 17.0 Å². The summed E-state index contributed by atoms with van der Waals surface area (Å²) in [6.07, 6.45) is 0. The smallest absolute Gasteiger partial charge is 0.311 e. The van der Waals surface area contributed by atoms with Gasteiger partial charge in [0.15, 0.2) is 5.75 Å². The number of nitrogens with one attached hydrogen (secondary N) is 1. The summed E-state index contributed by atoms with van der Waals surface area (Å²) in [5, 5.41) is 28.3. The molecule has 2 rings (SSSR count). The highest BCUT2D eigenvalue weighted by Crippen LogP contribution is 2.27. The van der Waals surface area contributed by atoms with Gasteiger partial charge in [-0.2, -0.15) is 11.3 Å². The molecule has 1 unspecified atom stereocenters. The number of nitrogens with zero attached hydrogens (tertiary/aromatic N) is 1. The number of benzene rings is 1. The van der Waals surface area contributed by atoms with Gasteiger partial charge < -0.3 is 15.2 Å². The van der Waals surface area contributed by atoms with E-state index in [1.54, 1.807) is 19.1 Å². The summed E-state index contributed by atoms with van der Waals surface area (Å²) in [6, 6.07) is 6.69. The van der Waals surface area contributed by atoms with Crippen molar-refractivity contribution in [1.82, 2.24) is 5.32 Å². The number of hydrogen-bond donors (Lipinski definition) is 2. The molecule has 2 N–H and O–H groups in total. The average Bonchev–Trinajstić information content (AvgIpc) is 3.02. The molecule has 6 nitrogen and oxygen atoms in total. The number of methoxy groups -OCH3 is 1. The van der Waals surface area contributed by atoms with E-state index < -0.39 is 10.5 Å². The van der Waals surface area contributed by atoms with Gasteiger partial charge in [0.2, 0.25) is 0 Å². The van der Waals surface area contributed by atoms with Crippen LogP contribution in [0.15, 0.2) is 35.0 Å². The van der Waals surface area contributed by atoms with Crippen LogP contribution in [-0.4, -0.2) is 23.7 Å². The molecule has 0 aliphatic rings. The Morgan fingerprint density at radius 2 is 2.23 bits per heavy atom. The predicted molar refractivity (Wildman–Crippen MR) is 85.2 cm³/mol. The van der Waals surface area contributed by atoms with Crippen LogP contribution in [0, 0.1) is 10.1 Å². The van der Waals surface area contributed by atoms with Crippen LogP contribution in [0.25, 0.3) is 0 Å². The van der Waals surface area contributed by atoms with Gasteiger partial charge in [0.05, 0.1) is 17.6 Å². The Bertz CT molecular complexity index is 641. The lowest BCUT2D eigenvalue weighted by atomic mass is 9.99. The number of aliphatic hydroxyl groups is 1. The zero-order valence-corrected chi connectivity index (χ0v) is 13.2. The first kappa shape index (κ1) is 16.4. The molecule has 0 radical (unpaired) electrons. The van der Waals surface area contributed by atoms with E-state index in [2.05, 4.69) is 5.32 Å². The van der Waals surface area contributed by atoms with Crippen LogP contribution in [-0.2, 0) is 12.1 Å². The maximum Gasteiger partial charge on any atom is 0.311 e. The van der Waals surface area contributed by atoms with Gasteiger partial charge in [0.1, 0.15) is 0 Å². The molecule has 2 aromatic rings. The molecule has 0 amide bonds. The standard InChI is InChI=1S/C15H18N2O4S/c1-15(18,12-5-6-22-9-12)10-16-8-11-3-4-14(21-2)13(7-11)17(19)20/h3-7,9,16,18H,8,10H2,1-2H3. The molecule has 118 valence electrons. The normalized spacial score (nSPS) is 13.6. The van der Waals surface area contributed by atoms with Crippen LogP contribution >= 0.6 is 11.3 Å². The van der Waals surface area contributed by atoms with E-state index in [0.717, 1.165) is 11.1 Å². The molecule has 1 aromatic carbocycles. The van der Waals surface area contributed by atoms with Crippen LogP contribution in [0.1, 0.15) is 18.1 Å². The highest BCUT2D eigenvalue weighted by atomic mass is 32.1. The van der Waals surface area contributed by atoms with Crippen molar-refractivity contribution in [2.45, 2.75) is 19.1 Å². The highest BCUT2D eigenvalue weighted by molar-refractivity contribution is 7.08. The molecular weight excluding hydrogens is 304 g/mol. The van der Waals surface area contributed by atoms with E-state index in [0.29, 0.717) is 13.1 Å². The molecule has 22 heavy (non-hydrogen) atoms. The van der Waals surface area contributed by atoms with Gasteiger partial charge in [-0.15, -0.1) is 0 Å². The zero-order valence-electron chi connectivity index (χ0n) is 12.4. The summed E-state index contributed by atoms with van der Waals surface area (Å²) < 4.78 is 4.97.